The van der Waals surface area contributed by atoms with Crippen molar-refractivity contribution in [2.24, 2.45) is 0 Å². The van der Waals surface area contributed by atoms with Crippen molar-refractivity contribution in [3.05, 3.63) is 89.9 Å². The Morgan fingerprint density at radius 3 is 2.24 bits per heavy atom. The number of aromatic nitrogens is 1. The van der Waals surface area contributed by atoms with Gasteiger partial charge in [0.1, 0.15) is 10.7 Å². The Morgan fingerprint density at radius 1 is 0.824 bits per heavy atom. The highest BCUT2D eigenvalue weighted by Gasteiger charge is 2.29. The third-order valence-electron chi connectivity index (χ3n) is 6.58. The van der Waals surface area contributed by atoms with E-state index < -0.39 is 9.84 Å². The molecule has 34 heavy (non-hydrogen) atoms. The number of aryl methyl sites for hydroxylation is 2. The third kappa shape index (κ3) is 3.90. The highest BCUT2D eigenvalue weighted by atomic mass is 32.2. The Kier molecular flexibility index (Phi) is 5.73. The first kappa shape index (κ1) is 22.3. The lowest BCUT2D eigenvalue weighted by molar-refractivity contribution is 0.590. The van der Waals surface area contributed by atoms with Gasteiger partial charge in [-0.1, -0.05) is 36.4 Å². The number of rotatable bonds is 4. The van der Waals surface area contributed by atoms with E-state index in [9.17, 15) is 12.8 Å². The zero-order valence-electron chi connectivity index (χ0n) is 19.2. The van der Waals surface area contributed by atoms with Crippen LogP contribution in [0.1, 0.15) is 11.1 Å². The second-order valence-corrected chi connectivity index (χ2v) is 10.6. The number of piperazine rings is 1. The number of anilines is 2. The smallest absolute Gasteiger partial charge is 0.210 e. The summed E-state index contributed by atoms with van der Waals surface area (Å²) in [6.07, 6.45) is 1.48. The molecule has 5 nitrogen and oxygen atoms in total. The Balaban J connectivity index is 1.57. The average molecular weight is 476 g/mol. The van der Waals surface area contributed by atoms with E-state index >= 15 is 0 Å². The summed E-state index contributed by atoms with van der Waals surface area (Å²) in [6.45, 7) is 6.18. The summed E-state index contributed by atoms with van der Waals surface area (Å²) < 4.78 is 41.9. The van der Waals surface area contributed by atoms with Gasteiger partial charge in [0.05, 0.1) is 21.8 Å². The topological polar surface area (TPSA) is 53.5 Å². The van der Waals surface area contributed by atoms with E-state index in [1.165, 1.54) is 12.3 Å². The van der Waals surface area contributed by atoms with Crippen molar-refractivity contribution in [2.45, 2.75) is 23.6 Å². The molecular weight excluding hydrogens is 449 g/mol. The van der Waals surface area contributed by atoms with Gasteiger partial charge < -0.3 is 9.80 Å². The molecule has 1 aliphatic rings. The molecule has 5 rings (SSSR count). The predicted octanol–water partition coefficient (Wildman–Crippen LogP) is 5.15. The van der Waals surface area contributed by atoms with Crippen LogP contribution in [-0.2, 0) is 9.84 Å². The van der Waals surface area contributed by atoms with Crippen molar-refractivity contribution >= 4 is 32.1 Å². The molecule has 0 amide bonds. The Labute approximate surface area is 199 Å². The monoisotopic (exact) mass is 475 g/mol. The van der Waals surface area contributed by atoms with Crippen LogP contribution < -0.4 is 9.80 Å². The molecule has 1 aliphatic heterocycles. The summed E-state index contributed by atoms with van der Waals surface area (Å²) in [5, 5.41) is 0.798. The fraction of sp³-hybridized carbons (Fsp3) is 0.222. The lowest BCUT2D eigenvalue weighted by Gasteiger charge is -2.38. The van der Waals surface area contributed by atoms with Crippen molar-refractivity contribution in [1.82, 2.24) is 4.98 Å². The van der Waals surface area contributed by atoms with Gasteiger partial charge in [0.25, 0.3) is 0 Å². The van der Waals surface area contributed by atoms with Crippen LogP contribution in [0.5, 0.6) is 0 Å². The van der Waals surface area contributed by atoms with E-state index in [2.05, 4.69) is 9.88 Å². The highest BCUT2D eigenvalue weighted by Crippen LogP contribution is 2.37. The van der Waals surface area contributed by atoms with E-state index in [0.29, 0.717) is 37.6 Å². The minimum Gasteiger partial charge on any atom is -0.366 e. The van der Waals surface area contributed by atoms with Gasteiger partial charge in [0.2, 0.25) is 9.84 Å². The molecule has 1 fully saturated rings. The molecule has 4 aromatic rings. The molecule has 1 saturated heterocycles. The molecule has 2 heterocycles. The molecule has 0 saturated carbocycles. The van der Waals surface area contributed by atoms with Gasteiger partial charge in [-0.25, -0.2) is 12.8 Å². The highest BCUT2D eigenvalue weighted by molar-refractivity contribution is 7.91. The van der Waals surface area contributed by atoms with Crippen LogP contribution in [0.4, 0.5) is 15.8 Å². The van der Waals surface area contributed by atoms with Gasteiger partial charge >= 0.3 is 0 Å². The maximum absolute atomic E-state index is 14.3. The molecule has 7 heteroatoms. The molecule has 0 spiro atoms. The molecule has 174 valence electrons. The SMILES string of the molecule is Cc1ccc(S(=O)(=O)c2cnc3ccccc3c2N2CCN(c3ccccc3F)CC2)cc1C. The van der Waals surface area contributed by atoms with Crippen molar-refractivity contribution in [1.29, 1.82) is 0 Å². The normalized spacial score (nSPS) is 14.6. The largest absolute Gasteiger partial charge is 0.366 e. The minimum absolute atomic E-state index is 0.203. The number of hydrogen-bond donors (Lipinski definition) is 0. The second-order valence-electron chi connectivity index (χ2n) is 8.66. The predicted molar refractivity (Wildman–Crippen MR) is 134 cm³/mol. The lowest BCUT2D eigenvalue weighted by Crippen LogP contribution is -2.47. The number of nitrogens with zero attached hydrogens (tertiary/aromatic N) is 3. The van der Waals surface area contributed by atoms with Crippen LogP contribution in [0.2, 0.25) is 0 Å². The molecular formula is C27H26FN3O2S. The summed E-state index contributed by atoms with van der Waals surface area (Å²) in [6, 6.07) is 19.6. The zero-order valence-corrected chi connectivity index (χ0v) is 20.0. The van der Waals surface area contributed by atoms with Gasteiger partial charge in [-0.2, -0.15) is 0 Å². The van der Waals surface area contributed by atoms with Crippen LogP contribution in [-0.4, -0.2) is 39.6 Å². The van der Waals surface area contributed by atoms with Gasteiger partial charge in [-0.05, 0) is 55.3 Å². The average Bonchev–Trinajstić information content (AvgIpc) is 2.85. The molecule has 0 bridgehead atoms. The number of fused-ring (bicyclic) bond motifs is 1. The molecule has 1 aromatic heterocycles. The molecule has 0 aliphatic carbocycles. The standard InChI is InChI=1S/C27H26FN3O2S/c1-19-11-12-21(17-20(19)2)34(32,33)26-18-29-24-9-5-3-7-22(24)27(26)31-15-13-30(14-16-31)25-10-6-4-8-23(25)28/h3-12,17-18H,13-16H2,1-2H3. The fourth-order valence-corrected chi connectivity index (χ4v) is 6.04. The first-order chi connectivity index (χ1) is 16.4. The van der Waals surface area contributed by atoms with Gasteiger partial charge in [-0.15, -0.1) is 0 Å². The van der Waals surface area contributed by atoms with Gasteiger partial charge in [0, 0.05) is 37.8 Å². The summed E-state index contributed by atoms with van der Waals surface area (Å²) in [7, 11) is -3.80. The Bertz CT molecular complexity index is 1480. The number of pyridine rings is 1. The quantitative estimate of drug-likeness (QED) is 0.409. The molecule has 0 unspecified atom stereocenters. The van der Waals surface area contributed by atoms with Crippen LogP contribution in [0.25, 0.3) is 10.9 Å². The van der Waals surface area contributed by atoms with Crippen LogP contribution in [0.3, 0.4) is 0 Å². The van der Waals surface area contributed by atoms with Crippen molar-refractivity contribution < 1.29 is 12.8 Å². The van der Waals surface area contributed by atoms with Crippen LogP contribution >= 0.6 is 0 Å². The van der Waals surface area contributed by atoms with Crippen LogP contribution in [0, 0.1) is 19.7 Å². The summed E-state index contributed by atoms with van der Waals surface area (Å²) in [5.41, 5.74) is 3.95. The number of halogens is 1. The van der Waals surface area contributed by atoms with E-state index in [4.69, 9.17) is 0 Å². The summed E-state index contributed by atoms with van der Waals surface area (Å²) in [5.74, 6) is -0.247. The molecule has 0 radical (unpaired) electrons. The summed E-state index contributed by atoms with van der Waals surface area (Å²) in [4.78, 5) is 9.04. The molecule has 0 atom stereocenters. The lowest BCUT2D eigenvalue weighted by atomic mass is 10.1. The van der Waals surface area contributed by atoms with Crippen molar-refractivity contribution in [3.8, 4) is 0 Å². The van der Waals surface area contributed by atoms with E-state index in [1.807, 2.05) is 55.1 Å². The van der Waals surface area contributed by atoms with E-state index in [-0.39, 0.29) is 15.6 Å². The van der Waals surface area contributed by atoms with Crippen molar-refractivity contribution in [3.63, 3.8) is 0 Å². The van der Waals surface area contributed by atoms with Crippen LogP contribution in [0.15, 0.2) is 82.7 Å². The maximum atomic E-state index is 14.3. The molecule has 0 N–H and O–H groups in total. The number of benzene rings is 3. The van der Waals surface area contributed by atoms with Gasteiger partial charge in [-0.3, -0.25) is 4.98 Å². The first-order valence-electron chi connectivity index (χ1n) is 11.3. The number of para-hydroxylation sites is 2. The first-order valence-corrected chi connectivity index (χ1v) is 12.8. The zero-order chi connectivity index (χ0) is 23.9. The van der Waals surface area contributed by atoms with E-state index in [0.717, 1.165) is 22.0 Å². The summed E-state index contributed by atoms with van der Waals surface area (Å²) >= 11 is 0. The third-order valence-corrected chi connectivity index (χ3v) is 8.33. The van der Waals surface area contributed by atoms with Crippen molar-refractivity contribution in [2.75, 3.05) is 36.0 Å². The molecule has 3 aromatic carbocycles. The fourth-order valence-electron chi connectivity index (χ4n) is 4.52. The van der Waals surface area contributed by atoms with Gasteiger partial charge in [0.15, 0.2) is 0 Å². The number of sulfone groups is 1. The maximum Gasteiger partial charge on any atom is 0.210 e. The number of hydrogen-bond acceptors (Lipinski definition) is 5. The second kappa shape index (κ2) is 8.72. The Morgan fingerprint density at radius 2 is 1.50 bits per heavy atom. The van der Waals surface area contributed by atoms with E-state index in [1.54, 1.807) is 24.3 Å². The minimum atomic E-state index is -3.80. The Hall–Kier alpha value is -3.45.